The van der Waals surface area contributed by atoms with E-state index in [9.17, 15) is 0 Å². The molecule has 1 aromatic carbocycles. The maximum Gasteiger partial charge on any atom is 0.191 e. The van der Waals surface area contributed by atoms with Crippen LogP contribution in [0.2, 0.25) is 0 Å². The molecule has 1 aromatic rings. The summed E-state index contributed by atoms with van der Waals surface area (Å²) in [5, 5.41) is 0. The maximum absolute atomic E-state index is 5.65. The minimum absolute atomic E-state index is 0.333. The van der Waals surface area contributed by atoms with Crippen molar-refractivity contribution in [2.24, 2.45) is 0 Å². The first-order chi connectivity index (χ1) is 8.71. The molecular weight excluding hydrogens is 300 g/mol. The summed E-state index contributed by atoms with van der Waals surface area (Å²) in [4.78, 5) is 0. The fourth-order valence-corrected chi connectivity index (χ4v) is 1.77. The molecule has 0 saturated heterocycles. The largest absolute Gasteiger partial charge is 0.493 e. The number of ether oxygens (including phenoxy) is 4. The van der Waals surface area contributed by atoms with Crippen molar-refractivity contribution >= 4 is 15.9 Å². The van der Waals surface area contributed by atoms with E-state index in [0.29, 0.717) is 31.3 Å². The maximum atomic E-state index is 5.65. The van der Waals surface area contributed by atoms with Crippen molar-refractivity contribution in [1.82, 2.24) is 0 Å². The Hall–Kier alpha value is -0.780. The summed E-state index contributed by atoms with van der Waals surface area (Å²) in [6.07, 6.45) is -0.353. The van der Waals surface area contributed by atoms with Crippen LogP contribution in [0.5, 0.6) is 11.5 Å². The lowest BCUT2D eigenvalue weighted by atomic mass is 10.3. The molecule has 102 valence electrons. The lowest BCUT2D eigenvalue weighted by Crippen LogP contribution is -2.25. The molecule has 0 heterocycles. The standard InChI is InChI=1S/C13H19BrO4/c1-4-16-13(17-5-2)9-18-11-7-6-10(14)8-12(11)15-3/h6-8,13H,4-5,9H2,1-3H3. The number of hydrogen-bond acceptors (Lipinski definition) is 4. The molecule has 0 aliphatic rings. The van der Waals surface area contributed by atoms with Crippen molar-refractivity contribution in [1.29, 1.82) is 0 Å². The van der Waals surface area contributed by atoms with Crippen molar-refractivity contribution in [2.75, 3.05) is 26.9 Å². The second-order valence-corrected chi connectivity index (χ2v) is 4.36. The number of rotatable bonds is 8. The molecule has 1 rings (SSSR count). The Kier molecular flexibility index (Phi) is 7.08. The normalized spacial score (nSPS) is 10.7. The summed E-state index contributed by atoms with van der Waals surface area (Å²) in [5.41, 5.74) is 0. The van der Waals surface area contributed by atoms with Gasteiger partial charge in [-0.3, -0.25) is 0 Å². The Morgan fingerprint density at radius 1 is 1.11 bits per heavy atom. The number of halogens is 1. The van der Waals surface area contributed by atoms with Gasteiger partial charge in [-0.2, -0.15) is 0 Å². The molecule has 4 nitrogen and oxygen atoms in total. The molecule has 18 heavy (non-hydrogen) atoms. The van der Waals surface area contributed by atoms with Gasteiger partial charge in [-0.15, -0.1) is 0 Å². The van der Waals surface area contributed by atoms with E-state index in [2.05, 4.69) is 15.9 Å². The van der Waals surface area contributed by atoms with Crippen molar-refractivity contribution < 1.29 is 18.9 Å². The first kappa shape index (κ1) is 15.3. The Balaban J connectivity index is 2.60. The molecule has 0 fully saturated rings. The Bertz CT molecular complexity index is 351. The molecule has 0 amide bonds. The topological polar surface area (TPSA) is 36.9 Å². The summed E-state index contributed by atoms with van der Waals surface area (Å²) < 4.78 is 22.6. The first-order valence-electron chi connectivity index (χ1n) is 5.90. The minimum atomic E-state index is -0.353. The van der Waals surface area contributed by atoms with Gasteiger partial charge < -0.3 is 18.9 Å². The van der Waals surface area contributed by atoms with Gasteiger partial charge in [0, 0.05) is 17.7 Å². The first-order valence-corrected chi connectivity index (χ1v) is 6.70. The predicted octanol–water partition coefficient (Wildman–Crippen LogP) is 3.24. The molecule has 0 spiro atoms. The van der Waals surface area contributed by atoms with E-state index in [-0.39, 0.29) is 6.29 Å². The second-order valence-electron chi connectivity index (χ2n) is 3.45. The lowest BCUT2D eigenvalue weighted by molar-refractivity contribution is -0.152. The summed E-state index contributed by atoms with van der Waals surface area (Å²) in [6, 6.07) is 5.60. The van der Waals surface area contributed by atoms with Gasteiger partial charge in [-0.05, 0) is 32.0 Å². The zero-order valence-electron chi connectivity index (χ0n) is 10.9. The van der Waals surface area contributed by atoms with Crippen molar-refractivity contribution in [2.45, 2.75) is 20.1 Å². The Morgan fingerprint density at radius 2 is 1.78 bits per heavy atom. The van der Waals surface area contributed by atoms with Gasteiger partial charge >= 0.3 is 0 Å². The minimum Gasteiger partial charge on any atom is -0.493 e. The zero-order valence-corrected chi connectivity index (χ0v) is 12.5. The van der Waals surface area contributed by atoms with Crippen LogP contribution < -0.4 is 9.47 Å². The zero-order chi connectivity index (χ0) is 13.4. The molecule has 0 atom stereocenters. The van der Waals surface area contributed by atoms with Crippen LogP contribution in [-0.4, -0.2) is 33.2 Å². The predicted molar refractivity (Wildman–Crippen MR) is 73.2 cm³/mol. The number of methoxy groups -OCH3 is 1. The smallest absolute Gasteiger partial charge is 0.191 e. The van der Waals surface area contributed by atoms with Crippen LogP contribution in [0.4, 0.5) is 0 Å². The van der Waals surface area contributed by atoms with Crippen LogP contribution in [0.1, 0.15) is 13.8 Å². The highest BCUT2D eigenvalue weighted by molar-refractivity contribution is 9.10. The van der Waals surface area contributed by atoms with Crippen LogP contribution in [0.3, 0.4) is 0 Å². The van der Waals surface area contributed by atoms with Gasteiger partial charge in [-0.25, -0.2) is 0 Å². The highest BCUT2D eigenvalue weighted by Gasteiger charge is 2.11. The van der Waals surface area contributed by atoms with Crippen molar-refractivity contribution in [3.63, 3.8) is 0 Å². The van der Waals surface area contributed by atoms with Gasteiger partial charge in [-0.1, -0.05) is 15.9 Å². The fourth-order valence-electron chi connectivity index (χ4n) is 1.43. The second kappa shape index (κ2) is 8.34. The monoisotopic (exact) mass is 318 g/mol. The van der Waals surface area contributed by atoms with Gasteiger partial charge in [0.1, 0.15) is 6.61 Å². The van der Waals surface area contributed by atoms with Gasteiger partial charge in [0.15, 0.2) is 17.8 Å². The van der Waals surface area contributed by atoms with E-state index in [0.717, 1.165) is 4.47 Å². The highest BCUT2D eigenvalue weighted by Crippen LogP contribution is 2.30. The lowest BCUT2D eigenvalue weighted by Gasteiger charge is -2.18. The molecule has 0 saturated carbocycles. The van der Waals surface area contributed by atoms with Crippen LogP contribution in [0, 0.1) is 0 Å². The molecule has 0 radical (unpaired) electrons. The SMILES string of the molecule is CCOC(COc1ccc(Br)cc1OC)OCC. The third-order valence-corrected chi connectivity index (χ3v) is 2.70. The number of hydrogen-bond donors (Lipinski definition) is 0. The van der Waals surface area contributed by atoms with E-state index in [1.165, 1.54) is 0 Å². The Labute approximate surface area is 116 Å². The van der Waals surface area contributed by atoms with Gasteiger partial charge in [0.2, 0.25) is 0 Å². The molecule has 0 aliphatic carbocycles. The number of benzene rings is 1. The molecule has 0 aliphatic heterocycles. The molecule has 0 bridgehead atoms. The molecular formula is C13H19BrO4. The molecule has 0 aromatic heterocycles. The summed E-state index contributed by atoms with van der Waals surface area (Å²) in [5.74, 6) is 1.35. The van der Waals surface area contributed by atoms with Gasteiger partial charge in [0.25, 0.3) is 0 Å². The van der Waals surface area contributed by atoms with Crippen molar-refractivity contribution in [3.8, 4) is 11.5 Å². The van der Waals surface area contributed by atoms with E-state index in [1.54, 1.807) is 7.11 Å². The molecule has 0 N–H and O–H groups in total. The van der Waals surface area contributed by atoms with Crippen LogP contribution in [0.25, 0.3) is 0 Å². The van der Waals surface area contributed by atoms with E-state index >= 15 is 0 Å². The van der Waals surface area contributed by atoms with Gasteiger partial charge in [0.05, 0.1) is 7.11 Å². The highest BCUT2D eigenvalue weighted by atomic mass is 79.9. The molecule has 5 heteroatoms. The summed E-state index contributed by atoms with van der Waals surface area (Å²) >= 11 is 3.38. The van der Waals surface area contributed by atoms with Crippen LogP contribution >= 0.6 is 15.9 Å². The quantitative estimate of drug-likeness (QED) is 0.689. The molecule has 0 unspecified atom stereocenters. The average molecular weight is 319 g/mol. The van der Waals surface area contributed by atoms with Crippen LogP contribution in [-0.2, 0) is 9.47 Å². The van der Waals surface area contributed by atoms with E-state index < -0.39 is 0 Å². The summed E-state index contributed by atoms with van der Waals surface area (Å²) in [6.45, 7) is 5.36. The van der Waals surface area contributed by atoms with E-state index in [1.807, 2.05) is 32.0 Å². The van der Waals surface area contributed by atoms with Crippen LogP contribution in [0.15, 0.2) is 22.7 Å². The van der Waals surface area contributed by atoms with E-state index in [4.69, 9.17) is 18.9 Å². The van der Waals surface area contributed by atoms with Crippen molar-refractivity contribution in [3.05, 3.63) is 22.7 Å². The third-order valence-electron chi connectivity index (χ3n) is 2.21. The third kappa shape index (κ3) is 4.84. The summed E-state index contributed by atoms with van der Waals surface area (Å²) in [7, 11) is 1.61. The Morgan fingerprint density at radius 3 is 2.33 bits per heavy atom. The average Bonchev–Trinajstić information content (AvgIpc) is 2.37. The fraction of sp³-hybridized carbons (Fsp3) is 0.538.